The maximum atomic E-state index is 12.0. The standard InChI is InChI=1S/C15H18N2O3S/c1-4-11-8-17(15(19)20-11)10-5-6-12-13(7-10)21-9(2)14(18)16(12)3/h5-7,9,11H,4,8H2,1-3H3/t9?,11-/m0/s1. The summed E-state index contributed by atoms with van der Waals surface area (Å²) in [6.45, 7) is 4.49. The molecule has 2 atom stereocenters. The first-order valence-electron chi connectivity index (χ1n) is 7.07. The van der Waals surface area contributed by atoms with Gasteiger partial charge in [0.2, 0.25) is 5.91 Å². The number of hydrogen-bond donors (Lipinski definition) is 0. The Morgan fingerprint density at radius 2 is 2.14 bits per heavy atom. The number of anilines is 2. The fraction of sp³-hybridized carbons (Fsp3) is 0.467. The minimum Gasteiger partial charge on any atom is -0.444 e. The Balaban J connectivity index is 1.92. The van der Waals surface area contributed by atoms with E-state index in [1.807, 2.05) is 32.0 Å². The van der Waals surface area contributed by atoms with Gasteiger partial charge in [0.05, 0.1) is 17.5 Å². The topological polar surface area (TPSA) is 49.9 Å². The van der Waals surface area contributed by atoms with Gasteiger partial charge in [-0.15, -0.1) is 11.8 Å². The number of cyclic esters (lactones) is 1. The Morgan fingerprint density at radius 3 is 2.81 bits per heavy atom. The lowest BCUT2D eigenvalue weighted by Gasteiger charge is -2.30. The maximum absolute atomic E-state index is 12.0. The van der Waals surface area contributed by atoms with Gasteiger partial charge >= 0.3 is 6.09 Å². The van der Waals surface area contributed by atoms with Crippen molar-refractivity contribution < 1.29 is 14.3 Å². The lowest BCUT2D eigenvalue weighted by atomic mass is 10.2. The van der Waals surface area contributed by atoms with Gasteiger partial charge in [-0.1, -0.05) is 6.92 Å². The molecule has 0 saturated carbocycles. The fourth-order valence-electron chi connectivity index (χ4n) is 2.62. The summed E-state index contributed by atoms with van der Waals surface area (Å²) in [5.74, 6) is 0.104. The van der Waals surface area contributed by atoms with E-state index < -0.39 is 0 Å². The monoisotopic (exact) mass is 306 g/mol. The first-order valence-corrected chi connectivity index (χ1v) is 7.95. The summed E-state index contributed by atoms with van der Waals surface area (Å²) in [5, 5.41) is -0.105. The predicted molar refractivity (Wildman–Crippen MR) is 83.1 cm³/mol. The summed E-state index contributed by atoms with van der Waals surface area (Å²) >= 11 is 1.53. The van der Waals surface area contributed by atoms with Gasteiger partial charge in [-0.05, 0) is 31.5 Å². The highest BCUT2D eigenvalue weighted by Crippen LogP contribution is 2.41. The minimum absolute atomic E-state index is 0.0376. The molecule has 2 heterocycles. The summed E-state index contributed by atoms with van der Waals surface area (Å²) in [7, 11) is 1.79. The highest BCUT2D eigenvalue weighted by Gasteiger charge is 2.33. The molecule has 2 amide bonds. The molecule has 112 valence electrons. The lowest BCUT2D eigenvalue weighted by Crippen LogP contribution is -2.36. The number of carbonyl (C=O) groups is 2. The van der Waals surface area contributed by atoms with Crippen molar-refractivity contribution in [3.8, 4) is 0 Å². The molecule has 2 aliphatic heterocycles. The predicted octanol–water partition coefficient (Wildman–Crippen LogP) is 2.88. The maximum Gasteiger partial charge on any atom is 0.414 e. The molecule has 0 radical (unpaired) electrons. The molecule has 0 bridgehead atoms. The van der Waals surface area contributed by atoms with Crippen molar-refractivity contribution in [3.63, 3.8) is 0 Å². The highest BCUT2D eigenvalue weighted by molar-refractivity contribution is 8.01. The third-order valence-electron chi connectivity index (χ3n) is 3.93. The van der Waals surface area contributed by atoms with E-state index in [2.05, 4.69) is 0 Å². The Bertz CT molecular complexity index is 605. The van der Waals surface area contributed by atoms with Gasteiger partial charge in [0.25, 0.3) is 0 Å². The van der Waals surface area contributed by atoms with Crippen LogP contribution in [0, 0.1) is 0 Å². The largest absolute Gasteiger partial charge is 0.444 e. The van der Waals surface area contributed by atoms with Gasteiger partial charge in [0.1, 0.15) is 6.10 Å². The molecule has 6 heteroatoms. The number of benzene rings is 1. The minimum atomic E-state index is -0.292. The third-order valence-corrected chi connectivity index (χ3v) is 5.06. The Kier molecular flexibility index (Phi) is 3.57. The van der Waals surface area contributed by atoms with E-state index in [1.54, 1.807) is 16.8 Å². The van der Waals surface area contributed by atoms with E-state index in [0.717, 1.165) is 22.7 Å². The van der Waals surface area contributed by atoms with Crippen molar-refractivity contribution in [1.82, 2.24) is 0 Å². The first-order chi connectivity index (χ1) is 10.0. The SMILES string of the molecule is CC[C@H]1CN(c2ccc3c(c2)SC(C)C(=O)N3C)C(=O)O1. The second-order valence-electron chi connectivity index (χ2n) is 5.33. The van der Waals surface area contributed by atoms with Crippen LogP contribution < -0.4 is 9.80 Å². The molecule has 2 aliphatic rings. The average molecular weight is 306 g/mol. The molecule has 1 aromatic carbocycles. The molecule has 3 rings (SSSR count). The van der Waals surface area contributed by atoms with Gasteiger partial charge < -0.3 is 9.64 Å². The molecule has 5 nitrogen and oxygen atoms in total. The zero-order valence-corrected chi connectivity index (χ0v) is 13.1. The van der Waals surface area contributed by atoms with E-state index in [-0.39, 0.29) is 23.4 Å². The zero-order valence-electron chi connectivity index (χ0n) is 12.3. The number of carbonyl (C=O) groups excluding carboxylic acids is 2. The Hall–Kier alpha value is -1.69. The van der Waals surface area contributed by atoms with E-state index in [9.17, 15) is 9.59 Å². The molecule has 0 aliphatic carbocycles. The van der Waals surface area contributed by atoms with Crippen molar-refractivity contribution in [3.05, 3.63) is 18.2 Å². The van der Waals surface area contributed by atoms with Crippen LogP contribution in [0.5, 0.6) is 0 Å². The van der Waals surface area contributed by atoms with Crippen LogP contribution in [-0.4, -0.2) is 36.9 Å². The number of amides is 2. The number of nitrogens with zero attached hydrogens (tertiary/aromatic N) is 2. The molecule has 0 aromatic heterocycles. The van der Waals surface area contributed by atoms with Gasteiger partial charge in [-0.2, -0.15) is 0 Å². The number of rotatable bonds is 2. The first kappa shape index (κ1) is 14.3. The molecule has 21 heavy (non-hydrogen) atoms. The van der Waals surface area contributed by atoms with Crippen LogP contribution in [0.3, 0.4) is 0 Å². The van der Waals surface area contributed by atoms with Gasteiger partial charge in [-0.3, -0.25) is 9.69 Å². The Morgan fingerprint density at radius 1 is 1.38 bits per heavy atom. The molecule has 1 fully saturated rings. The number of ether oxygens (including phenoxy) is 1. The van der Waals surface area contributed by atoms with Crippen LogP contribution in [0.4, 0.5) is 16.2 Å². The smallest absolute Gasteiger partial charge is 0.414 e. The molecule has 0 spiro atoms. The lowest BCUT2D eigenvalue weighted by molar-refractivity contribution is -0.117. The summed E-state index contributed by atoms with van der Waals surface area (Å²) in [4.78, 5) is 28.3. The average Bonchev–Trinajstić information content (AvgIpc) is 2.85. The molecular weight excluding hydrogens is 288 g/mol. The van der Waals surface area contributed by atoms with Crippen LogP contribution in [0.1, 0.15) is 20.3 Å². The summed E-state index contributed by atoms with van der Waals surface area (Å²) in [6, 6.07) is 5.74. The molecular formula is C15H18N2O3S. The van der Waals surface area contributed by atoms with E-state index in [4.69, 9.17) is 4.74 Å². The van der Waals surface area contributed by atoms with Crippen molar-refractivity contribution in [1.29, 1.82) is 0 Å². The van der Waals surface area contributed by atoms with Crippen molar-refractivity contribution in [2.24, 2.45) is 0 Å². The summed E-state index contributed by atoms with van der Waals surface area (Å²) in [6.07, 6.45) is 0.486. The van der Waals surface area contributed by atoms with Gasteiger partial charge in [0.15, 0.2) is 0 Å². The molecule has 1 aromatic rings. The normalized spacial score (nSPS) is 25.1. The number of hydrogen-bond acceptors (Lipinski definition) is 4. The van der Waals surface area contributed by atoms with Crippen LogP contribution in [0.15, 0.2) is 23.1 Å². The number of thioether (sulfide) groups is 1. The third kappa shape index (κ3) is 2.37. The summed E-state index contributed by atoms with van der Waals surface area (Å²) < 4.78 is 5.30. The van der Waals surface area contributed by atoms with E-state index in [1.165, 1.54) is 11.8 Å². The van der Waals surface area contributed by atoms with Crippen molar-refractivity contribution in [2.45, 2.75) is 36.5 Å². The van der Waals surface area contributed by atoms with E-state index in [0.29, 0.717) is 6.54 Å². The van der Waals surface area contributed by atoms with Crippen LogP contribution in [-0.2, 0) is 9.53 Å². The van der Waals surface area contributed by atoms with Gasteiger partial charge in [-0.25, -0.2) is 4.79 Å². The second kappa shape index (κ2) is 5.26. The van der Waals surface area contributed by atoms with E-state index >= 15 is 0 Å². The van der Waals surface area contributed by atoms with Crippen LogP contribution >= 0.6 is 11.8 Å². The molecule has 1 saturated heterocycles. The zero-order chi connectivity index (χ0) is 15.1. The van der Waals surface area contributed by atoms with Crippen molar-refractivity contribution in [2.75, 3.05) is 23.4 Å². The molecule has 1 unspecified atom stereocenters. The quantitative estimate of drug-likeness (QED) is 0.843. The number of fused-ring (bicyclic) bond motifs is 1. The second-order valence-corrected chi connectivity index (χ2v) is 6.72. The highest BCUT2D eigenvalue weighted by atomic mass is 32.2. The van der Waals surface area contributed by atoms with Gasteiger partial charge in [0, 0.05) is 17.6 Å². The Labute approximate surface area is 128 Å². The fourth-order valence-corrected chi connectivity index (χ4v) is 3.77. The van der Waals surface area contributed by atoms with Crippen LogP contribution in [0.2, 0.25) is 0 Å². The van der Waals surface area contributed by atoms with Crippen molar-refractivity contribution >= 4 is 35.1 Å². The molecule has 0 N–H and O–H groups in total. The summed E-state index contributed by atoms with van der Waals surface area (Å²) in [5.41, 5.74) is 1.73. The van der Waals surface area contributed by atoms with Crippen LogP contribution in [0.25, 0.3) is 0 Å².